The van der Waals surface area contributed by atoms with Gasteiger partial charge in [-0.05, 0) is 24.6 Å². The summed E-state index contributed by atoms with van der Waals surface area (Å²) < 4.78 is 5.04. The van der Waals surface area contributed by atoms with Crippen LogP contribution in [0.3, 0.4) is 0 Å². The predicted octanol–water partition coefficient (Wildman–Crippen LogP) is 4.11. The van der Waals surface area contributed by atoms with Crippen molar-refractivity contribution in [3.8, 4) is 5.75 Å². The van der Waals surface area contributed by atoms with Crippen LogP contribution in [0.4, 0.5) is 4.79 Å². The minimum Gasteiger partial charge on any atom is -0.410 e. The van der Waals surface area contributed by atoms with E-state index in [1.807, 2.05) is 52.8 Å². The summed E-state index contributed by atoms with van der Waals surface area (Å²) in [4.78, 5) is 12.5. The van der Waals surface area contributed by atoms with Gasteiger partial charge in [-0.3, -0.25) is 0 Å². The van der Waals surface area contributed by atoms with E-state index in [4.69, 9.17) is 4.74 Å². The van der Waals surface area contributed by atoms with E-state index in [2.05, 4.69) is 0 Å². The van der Waals surface area contributed by atoms with Crippen LogP contribution in [0.2, 0.25) is 0 Å². The maximum Gasteiger partial charge on any atom is 0.414 e. The average molecular weight is 239 g/mol. The van der Waals surface area contributed by atoms with Gasteiger partial charge < -0.3 is 9.64 Å². The van der Waals surface area contributed by atoms with Crippen LogP contribution in [-0.2, 0) is 0 Å². The van der Waals surface area contributed by atoms with Gasteiger partial charge in [-0.2, -0.15) is 0 Å². The van der Waals surface area contributed by atoms with Crippen molar-refractivity contribution in [2.24, 2.45) is 0 Å². The first kappa shape index (κ1) is 17.9. The Labute approximate surface area is 105 Å². The van der Waals surface area contributed by atoms with Gasteiger partial charge in [0.2, 0.25) is 0 Å². The molecule has 3 heteroatoms. The van der Waals surface area contributed by atoms with Crippen molar-refractivity contribution in [2.75, 3.05) is 14.1 Å². The number of ether oxygens (including phenoxy) is 1. The van der Waals surface area contributed by atoms with Gasteiger partial charge in [-0.1, -0.05) is 39.8 Å². The molecule has 0 aliphatic heterocycles. The lowest BCUT2D eigenvalue weighted by Crippen LogP contribution is -2.25. The zero-order valence-electron chi connectivity index (χ0n) is 12.1. The van der Waals surface area contributed by atoms with Gasteiger partial charge in [-0.15, -0.1) is 0 Å². The molecule has 1 rings (SSSR count). The summed E-state index contributed by atoms with van der Waals surface area (Å²) in [6.07, 6.45) is -0.356. The molecular weight excluding hydrogens is 214 g/mol. The maximum absolute atomic E-state index is 11.1. The van der Waals surface area contributed by atoms with Crippen LogP contribution >= 0.6 is 0 Å². The SMILES string of the molecule is CC.CC.Cc1cccc(OC(=O)N(C)C)c1. The van der Waals surface area contributed by atoms with Crippen molar-refractivity contribution in [1.29, 1.82) is 0 Å². The van der Waals surface area contributed by atoms with E-state index in [0.717, 1.165) is 5.56 Å². The van der Waals surface area contributed by atoms with E-state index in [0.29, 0.717) is 5.75 Å². The van der Waals surface area contributed by atoms with Crippen molar-refractivity contribution >= 4 is 6.09 Å². The summed E-state index contributed by atoms with van der Waals surface area (Å²) in [5, 5.41) is 0. The smallest absolute Gasteiger partial charge is 0.410 e. The normalized spacial score (nSPS) is 7.94. The van der Waals surface area contributed by atoms with E-state index in [1.165, 1.54) is 4.90 Å². The third kappa shape index (κ3) is 8.31. The molecule has 98 valence electrons. The number of aryl methyl sites for hydroxylation is 1. The standard InChI is InChI=1S/C10H13NO2.2C2H6/c1-8-5-4-6-9(7-8)13-10(12)11(2)3;2*1-2/h4-7H,1-3H3;2*1-2H3. The molecule has 1 aromatic rings. The van der Waals surface area contributed by atoms with Crippen LogP contribution in [0, 0.1) is 6.92 Å². The molecule has 0 heterocycles. The number of amides is 1. The predicted molar refractivity (Wildman–Crippen MR) is 73.6 cm³/mol. The third-order valence-corrected chi connectivity index (χ3v) is 1.56. The minimum absolute atomic E-state index is 0.356. The number of hydrogen-bond acceptors (Lipinski definition) is 2. The van der Waals surface area contributed by atoms with E-state index in [9.17, 15) is 4.79 Å². The van der Waals surface area contributed by atoms with Gasteiger partial charge in [0.25, 0.3) is 0 Å². The third-order valence-electron chi connectivity index (χ3n) is 1.56. The first-order valence-electron chi connectivity index (χ1n) is 6.05. The van der Waals surface area contributed by atoms with Crippen LogP contribution in [-0.4, -0.2) is 25.1 Å². The van der Waals surface area contributed by atoms with Gasteiger partial charge in [0.1, 0.15) is 5.75 Å². The molecule has 0 aromatic heterocycles. The summed E-state index contributed by atoms with van der Waals surface area (Å²) in [7, 11) is 3.30. The van der Waals surface area contributed by atoms with Gasteiger partial charge in [0.05, 0.1) is 0 Å². The molecule has 0 N–H and O–H groups in total. The van der Waals surface area contributed by atoms with Crippen molar-refractivity contribution in [2.45, 2.75) is 34.6 Å². The lowest BCUT2D eigenvalue weighted by atomic mass is 10.2. The Hall–Kier alpha value is -1.51. The zero-order chi connectivity index (χ0) is 13.8. The number of benzene rings is 1. The Balaban J connectivity index is 0. The highest BCUT2D eigenvalue weighted by Crippen LogP contribution is 2.12. The van der Waals surface area contributed by atoms with E-state index >= 15 is 0 Å². The summed E-state index contributed by atoms with van der Waals surface area (Å²) >= 11 is 0. The molecule has 0 unspecified atom stereocenters. The average Bonchev–Trinajstić information content (AvgIpc) is 2.34. The van der Waals surface area contributed by atoms with Gasteiger partial charge in [0, 0.05) is 14.1 Å². The molecule has 0 saturated carbocycles. The topological polar surface area (TPSA) is 29.5 Å². The number of nitrogens with zero attached hydrogens (tertiary/aromatic N) is 1. The molecule has 0 bridgehead atoms. The molecule has 1 amide bonds. The highest BCUT2D eigenvalue weighted by atomic mass is 16.6. The second-order valence-electron chi connectivity index (χ2n) is 3.08. The molecule has 0 aliphatic carbocycles. The van der Waals surface area contributed by atoms with E-state index in [-0.39, 0.29) is 6.09 Å². The summed E-state index contributed by atoms with van der Waals surface area (Å²) in [6.45, 7) is 9.95. The Morgan fingerprint density at radius 2 is 1.65 bits per heavy atom. The molecule has 3 nitrogen and oxygen atoms in total. The molecule has 0 aliphatic rings. The highest BCUT2D eigenvalue weighted by Gasteiger charge is 2.05. The summed E-state index contributed by atoms with van der Waals surface area (Å²) in [6, 6.07) is 7.39. The lowest BCUT2D eigenvalue weighted by molar-refractivity contribution is 0.172. The summed E-state index contributed by atoms with van der Waals surface area (Å²) in [5.74, 6) is 0.582. The molecule has 0 radical (unpaired) electrons. The Morgan fingerprint density at radius 3 is 2.06 bits per heavy atom. The van der Waals surface area contributed by atoms with Crippen LogP contribution < -0.4 is 4.74 Å². The summed E-state index contributed by atoms with van der Waals surface area (Å²) in [5.41, 5.74) is 1.07. The first-order chi connectivity index (χ1) is 8.09. The molecule has 0 saturated heterocycles. The van der Waals surface area contributed by atoms with Gasteiger partial charge in [0.15, 0.2) is 0 Å². The molecule has 0 atom stereocenters. The molecule has 17 heavy (non-hydrogen) atoms. The van der Waals surface area contributed by atoms with Crippen molar-refractivity contribution in [3.63, 3.8) is 0 Å². The quantitative estimate of drug-likeness (QED) is 0.738. The Bertz CT molecular complexity index is 309. The zero-order valence-corrected chi connectivity index (χ0v) is 12.1. The largest absolute Gasteiger partial charge is 0.414 e. The number of hydrogen-bond donors (Lipinski definition) is 0. The second-order valence-corrected chi connectivity index (χ2v) is 3.08. The maximum atomic E-state index is 11.1. The van der Waals surface area contributed by atoms with E-state index in [1.54, 1.807) is 20.2 Å². The molecule has 0 spiro atoms. The second kappa shape index (κ2) is 11.0. The fraction of sp³-hybridized carbons (Fsp3) is 0.500. The Morgan fingerprint density at radius 1 is 1.12 bits per heavy atom. The number of rotatable bonds is 1. The van der Waals surface area contributed by atoms with Crippen LogP contribution in [0.15, 0.2) is 24.3 Å². The van der Waals surface area contributed by atoms with Crippen LogP contribution in [0.5, 0.6) is 5.75 Å². The minimum atomic E-state index is -0.356. The fourth-order valence-corrected chi connectivity index (χ4v) is 0.871. The lowest BCUT2D eigenvalue weighted by Gasteiger charge is -2.10. The molecular formula is C14H25NO2. The van der Waals surface area contributed by atoms with Crippen molar-refractivity contribution in [3.05, 3.63) is 29.8 Å². The van der Waals surface area contributed by atoms with E-state index < -0.39 is 0 Å². The number of carbonyl (C=O) groups is 1. The number of carbonyl (C=O) groups excluding carboxylic acids is 1. The first-order valence-corrected chi connectivity index (χ1v) is 6.05. The van der Waals surface area contributed by atoms with Gasteiger partial charge >= 0.3 is 6.09 Å². The van der Waals surface area contributed by atoms with Crippen molar-refractivity contribution < 1.29 is 9.53 Å². The van der Waals surface area contributed by atoms with Crippen LogP contribution in [0.1, 0.15) is 33.3 Å². The monoisotopic (exact) mass is 239 g/mol. The molecule has 1 aromatic carbocycles. The van der Waals surface area contributed by atoms with Crippen molar-refractivity contribution in [1.82, 2.24) is 4.90 Å². The highest BCUT2D eigenvalue weighted by molar-refractivity contribution is 5.69. The fourth-order valence-electron chi connectivity index (χ4n) is 0.871. The molecule has 0 fully saturated rings. The van der Waals surface area contributed by atoms with Gasteiger partial charge in [-0.25, -0.2) is 4.79 Å². The van der Waals surface area contributed by atoms with Crippen LogP contribution in [0.25, 0.3) is 0 Å². The Kier molecular flexibility index (Phi) is 11.6.